The number of quaternary nitrogens is 1. The van der Waals surface area contributed by atoms with Gasteiger partial charge in [0, 0.05) is 11.8 Å². The van der Waals surface area contributed by atoms with Gasteiger partial charge in [0.05, 0.1) is 31.1 Å². The Balaban J connectivity index is 1.37. The number of carbonyl (C=O) groups is 1. The maximum atomic E-state index is 12.8. The van der Waals surface area contributed by atoms with E-state index >= 15 is 0 Å². The van der Waals surface area contributed by atoms with Crippen LogP contribution in [-0.4, -0.2) is 48.0 Å². The lowest BCUT2D eigenvalue weighted by atomic mass is 10.2. The predicted molar refractivity (Wildman–Crippen MR) is 113 cm³/mol. The Bertz CT molecular complexity index is 870. The van der Waals surface area contributed by atoms with Crippen LogP contribution in [0.4, 0.5) is 5.69 Å². The zero-order valence-corrected chi connectivity index (χ0v) is 16.8. The number of hydrogen-bond donors (Lipinski definition) is 1. The number of nitrogens with one attached hydrogen (secondary N) is 1. The lowest BCUT2D eigenvalue weighted by molar-refractivity contribution is -0.907. The molecule has 2 fully saturated rings. The van der Waals surface area contributed by atoms with Crippen LogP contribution < -0.4 is 9.80 Å². The molecule has 0 spiro atoms. The Labute approximate surface area is 168 Å². The van der Waals surface area contributed by atoms with E-state index in [9.17, 15) is 4.79 Å². The monoisotopic (exact) mass is 400 g/mol. The van der Waals surface area contributed by atoms with Crippen molar-refractivity contribution in [1.82, 2.24) is 4.90 Å². The van der Waals surface area contributed by atoms with Gasteiger partial charge in [0.1, 0.15) is 11.5 Å². The number of amides is 1. The van der Waals surface area contributed by atoms with Crippen molar-refractivity contribution in [3.63, 3.8) is 0 Å². The van der Waals surface area contributed by atoms with Gasteiger partial charge in [0.25, 0.3) is 5.91 Å². The van der Waals surface area contributed by atoms with E-state index in [0.29, 0.717) is 21.7 Å². The summed E-state index contributed by atoms with van der Waals surface area (Å²) in [6.45, 7) is 6.46. The number of aryl methyl sites for hydroxylation is 1. The third-order valence-electron chi connectivity index (χ3n) is 4.88. The van der Waals surface area contributed by atoms with Gasteiger partial charge in [0.2, 0.25) is 0 Å². The number of furan rings is 1. The topological polar surface area (TPSA) is 41.1 Å². The molecule has 4 rings (SSSR count). The number of carbonyl (C=O) groups excluding carboxylic acids is 1. The molecule has 7 heteroatoms. The first-order valence-electron chi connectivity index (χ1n) is 9.05. The average Bonchev–Trinajstić information content (AvgIpc) is 3.21. The molecule has 27 heavy (non-hydrogen) atoms. The fourth-order valence-corrected chi connectivity index (χ4v) is 4.63. The van der Waals surface area contributed by atoms with Gasteiger partial charge < -0.3 is 14.2 Å². The Morgan fingerprint density at radius 2 is 1.93 bits per heavy atom. The van der Waals surface area contributed by atoms with Crippen LogP contribution in [0.25, 0.3) is 6.08 Å². The van der Waals surface area contributed by atoms with Gasteiger partial charge >= 0.3 is 0 Å². The SMILES string of the molecule is Cc1ccc(/C=C2\SC(=S)N(C[NH+]3CCN(c4ccccc4)CC3)C2=O)o1. The summed E-state index contributed by atoms with van der Waals surface area (Å²) in [6, 6.07) is 14.2. The van der Waals surface area contributed by atoms with Gasteiger partial charge in [-0.05, 0) is 31.2 Å². The molecule has 2 aliphatic rings. The van der Waals surface area contributed by atoms with E-state index in [2.05, 4.69) is 29.2 Å². The van der Waals surface area contributed by atoms with Gasteiger partial charge in [-0.15, -0.1) is 0 Å². The fourth-order valence-electron chi connectivity index (χ4n) is 3.40. The number of para-hydroxylation sites is 1. The number of piperazine rings is 1. The van der Waals surface area contributed by atoms with Crippen LogP contribution in [0.3, 0.4) is 0 Å². The summed E-state index contributed by atoms with van der Waals surface area (Å²) in [4.78, 5) is 18.9. The average molecular weight is 401 g/mol. The molecule has 1 aromatic heterocycles. The minimum atomic E-state index is -0.0166. The highest BCUT2D eigenvalue weighted by atomic mass is 32.2. The molecule has 3 heterocycles. The number of benzene rings is 1. The second-order valence-electron chi connectivity index (χ2n) is 6.79. The van der Waals surface area contributed by atoms with Gasteiger partial charge in [-0.2, -0.15) is 0 Å². The zero-order valence-electron chi connectivity index (χ0n) is 15.2. The summed E-state index contributed by atoms with van der Waals surface area (Å²) in [6.07, 6.45) is 1.79. The highest BCUT2D eigenvalue weighted by Gasteiger charge is 2.35. The lowest BCUT2D eigenvalue weighted by Crippen LogP contribution is -3.16. The lowest BCUT2D eigenvalue weighted by Gasteiger charge is -2.34. The number of hydrogen-bond acceptors (Lipinski definition) is 5. The van der Waals surface area contributed by atoms with Gasteiger partial charge in [0.15, 0.2) is 11.0 Å². The Hall–Kier alpha value is -2.09. The van der Waals surface area contributed by atoms with Crippen LogP contribution in [0.1, 0.15) is 11.5 Å². The molecule has 2 aromatic rings. The predicted octanol–water partition coefficient (Wildman–Crippen LogP) is 2.15. The van der Waals surface area contributed by atoms with E-state index in [0.717, 1.165) is 31.9 Å². The van der Waals surface area contributed by atoms with E-state index in [1.165, 1.54) is 22.3 Å². The Morgan fingerprint density at radius 3 is 2.59 bits per heavy atom. The molecule has 2 saturated heterocycles. The normalized spacial score (nSPS) is 20.1. The van der Waals surface area contributed by atoms with Crippen LogP contribution in [-0.2, 0) is 4.79 Å². The van der Waals surface area contributed by atoms with Crippen LogP contribution in [0.15, 0.2) is 51.8 Å². The number of rotatable bonds is 4. The molecule has 0 radical (unpaired) electrons. The van der Waals surface area contributed by atoms with Crippen LogP contribution in [0.5, 0.6) is 0 Å². The van der Waals surface area contributed by atoms with Crippen molar-refractivity contribution in [3.05, 3.63) is 58.9 Å². The second-order valence-corrected chi connectivity index (χ2v) is 8.46. The van der Waals surface area contributed by atoms with Crippen molar-refractivity contribution in [3.8, 4) is 0 Å². The van der Waals surface area contributed by atoms with Gasteiger partial charge in [-0.1, -0.05) is 42.2 Å². The van der Waals surface area contributed by atoms with Crippen LogP contribution >= 0.6 is 24.0 Å². The summed E-state index contributed by atoms with van der Waals surface area (Å²) in [5.74, 6) is 1.51. The Morgan fingerprint density at radius 1 is 1.19 bits per heavy atom. The third kappa shape index (κ3) is 4.10. The quantitative estimate of drug-likeness (QED) is 0.629. The van der Waals surface area contributed by atoms with Crippen LogP contribution in [0.2, 0.25) is 0 Å². The molecule has 5 nitrogen and oxygen atoms in total. The van der Waals surface area contributed by atoms with Crippen molar-refractivity contribution in [2.24, 2.45) is 0 Å². The summed E-state index contributed by atoms with van der Waals surface area (Å²) in [5.41, 5.74) is 1.26. The minimum Gasteiger partial charge on any atom is -0.462 e. The molecule has 1 amide bonds. The molecule has 1 N–H and O–H groups in total. The summed E-state index contributed by atoms with van der Waals surface area (Å²) in [7, 11) is 0. The number of thioether (sulfide) groups is 1. The van der Waals surface area contributed by atoms with Crippen molar-refractivity contribution in [1.29, 1.82) is 0 Å². The first-order valence-corrected chi connectivity index (χ1v) is 10.3. The van der Waals surface area contributed by atoms with Crippen molar-refractivity contribution in [2.45, 2.75) is 6.92 Å². The third-order valence-corrected chi connectivity index (χ3v) is 6.26. The first-order chi connectivity index (χ1) is 13.1. The summed E-state index contributed by atoms with van der Waals surface area (Å²) < 4.78 is 6.19. The molecule has 0 bridgehead atoms. The summed E-state index contributed by atoms with van der Waals surface area (Å²) >= 11 is 6.81. The van der Waals surface area contributed by atoms with E-state index in [1.54, 1.807) is 11.0 Å². The molecule has 2 aliphatic heterocycles. The van der Waals surface area contributed by atoms with Crippen molar-refractivity contribution >= 4 is 46.0 Å². The maximum absolute atomic E-state index is 12.8. The fraction of sp³-hybridized carbons (Fsp3) is 0.300. The zero-order chi connectivity index (χ0) is 18.8. The van der Waals surface area contributed by atoms with Gasteiger partial charge in [-0.25, -0.2) is 4.90 Å². The second kappa shape index (κ2) is 7.88. The molecule has 0 aliphatic carbocycles. The number of anilines is 1. The van der Waals surface area contributed by atoms with Crippen LogP contribution in [0, 0.1) is 6.92 Å². The van der Waals surface area contributed by atoms with E-state index in [4.69, 9.17) is 16.6 Å². The molecular weight excluding hydrogens is 378 g/mol. The summed E-state index contributed by atoms with van der Waals surface area (Å²) in [5, 5.41) is 0. The minimum absolute atomic E-state index is 0.0166. The molecule has 0 unspecified atom stereocenters. The van der Waals surface area contributed by atoms with E-state index in [1.807, 2.05) is 25.1 Å². The van der Waals surface area contributed by atoms with Crippen molar-refractivity contribution < 1.29 is 14.1 Å². The van der Waals surface area contributed by atoms with Gasteiger partial charge in [-0.3, -0.25) is 4.79 Å². The number of nitrogens with zero attached hydrogens (tertiary/aromatic N) is 2. The molecule has 1 aromatic carbocycles. The molecular formula is C20H22N3O2S2+. The highest BCUT2D eigenvalue weighted by Crippen LogP contribution is 2.32. The molecule has 140 valence electrons. The molecule has 0 atom stereocenters. The standard InChI is InChI=1S/C20H21N3O2S2/c1-15-7-8-17(25-15)13-18-19(24)23(20(26)27-18)14-21-9-11-22(12-10-21)16-5-3-2-4-6-16/h2-8,13H,9-12,14H2,1H3/p+1/b18-13-. The maximum Gasteiger partial charge on any atom is 0.270 e. The Kier molecular flexibility index (Phi) is 5.33. The largest absolute Gasteiger partial charge is 0.462 e. The molecule has 0 saturated carbocycles. The smallest absolute Gasteiger partial charge is 0.270 e. The highest BCUT2D eigenvalue weighted by molar-refractivity contribution is 8.26. The van der Waals surface area contributed by atoms with Crippen molar-refractivity contribution in [2.75, 3.05) is 37.7 Å². The van der Waals surface area contributed by atoms with E-state index < -0.39 is 0 Å². The first kappa shape index (κ1) is 18.3. The van der Waals surface area contributed by atoms with E-state index in [-0.39, 0.29) is 5.91 Å². The number of thiocarbonyl (C=S) groups is 1.